The smallest absolute Gasteiger partial charge is 0.121 e. The van der Waals surface area contributed by atoms with Crippen LogP contribution in [-0.2, 0) is 0 Å². The summed E-state index contributed by atoms with van der Waals surface area (Å²) < 4.78 is 24.5. The minimum absolute atomic E-state index is 0.188. The molecule has 0 aliphatic carbocycles. The molecule has 0 unspecified atom stereocenters. The Morgan fingerprint density at radius 3 is 2.40 bits per heavy atom. The molecule has 0 nitrogen and oxygen atoms in total. The van der Waals surface area contributed by atoms with E-state index in [1.807, 2.05) is 0 Å². The van der Waals surface area contributed by atoms with Gasteiger partial charge in [-0.3, -0.25) is 4.39 Å². The fourth-order valence-corrected chi connectivity index (χ4v) is 0.617. The molecule has 60 valence electrons. The van der Waals surface area contributed by atoms with Crippen molar-refractivity contribution in [3.63, 3.8) is 0 Å². The zero-order chi connectivity index (χ0) is 8.15. The number of allylic oxidation sites excluding steroid dienone is 1. The fourth-order valence-electron chi connectivity index (χ4n) is 0.617. The lowest BCUT2D eigenvalue weighted by Gasteiger charge is -2.10. The lowest BCUT2D eigenvalue weighted by molar-refractivity contribution is 0.277. The predicted octanol–water partition coefficient (Wildman–Crippen LogP) is 2.90. The number of rotatable bonds is 4. The van der Waals surface area contributed by atoms with Crippen molar-refractivity contribution >= 4 is 0 Å². The molecule has 0 saturated carbocycles. The van der Waals surface area contributed by atoms with Crippen molar-refractivity contribution in [1.29, 1.82) is 0 Å². The van der Waals surface area contributed by atoms with Crippen LogP contribution in [0.1, 0.15) is 20.3 Å². The summed E-state index contributed by atoms with van der Waals surface area (Å²) in [5.41, 5.74) is 0.486. The second-order valence-corrected chi connectivity index (χ2v) is 2.81. The predicted molar refractivity (Wildman–Crippen MR) is 39.5 cm³/mol. The van der Waals surface area contributed by atoms with E-state index >= 15 is 0 Å². The van der Waals surface area contributed by atoms with Crippen LogP contribution in [-0.4, -0.2) is 12.8 Å². The van der Waals surface area contributed by atoms with Crippen molar-refractivity contribution < 1.29 is 8.78 Å². The Bertz CT molecular complexity index is 110. The second-order valence-electron chi connectivity index (χ2n) is 2.81. The van der Waals surface area contributed by atoms with E-state index in [2.05, 4.69) is 6.58 Å². The second kappa shape index (κ2) is 4.42. The average Bonchev–Trinajstić information content (AvgIpc) is 1.87. The molecule has 0 aliphatic rings. The lowest BCUT2D eigenvalue weighted by atomic mass is 10.0. The minimum atomic E-state index is -1.04. The van der Waals surface area contributed by atoms with Gasteiger partial charge in [0.05, 0.1) is 6.67 Å². The van der Waals surface area contributed by atoms with E-state index < -0.39 is 12.8 Å². The van der Waals surface area contributed by atoms with Gasteiger partial charge in [0.25, 0.3) is 0 Å². The van der Waals surface area contributed by atoms with Crippen LogP contribution in [0.15, 0.2) is 12.2 Å². The van der Waals surface area contributed by atoms with Crippen LogP contribution in [0.5, 0.6) is 0 Å². The van der Waals surface area contributed by atoms with Gasteiger partial charge in [-0.1, -0.05) is 13.5 Å². The Balaban J connectivity index is 3.56. The molecule has 0 spiro atoms. The van der Waals surface area contributed by atoms with Gasteiger partial charge in [-0.2, -0.15) is 0 Å². The largest absolute Gasteiger partial charge is 0.251 e. The third kappa shape index (κ3) is 3.59. The summed E-state index contributed by atoms with van der Waals surface area (Å²) in [7, 11) is 0. The fraction of sp³-hybridized carbons (Fsp3) is 0.750. The van der Waals surface area contributed by atoms with Crippen LogP contribution >= 0.6 is 0 Å². The molecule has 2 heteroatoms. The molecule has 0 saturated heterocycles. The van der Waals surface area contributed by atoms with Crippen molar-refractivity contribution in [1.82, 2.24) is 0 Å². The van der Waals surface area contributed by atoms with Gasteiger partial charge in [0, 0.05) is 0 Å². The lowest BCUT2D eigenvalue weighted by Crippen LogP contribution is -2.08. The molecular formula is C8H14F2. The van der Waals surface area contributed by atoms with Crippen molar-refractivity contribution in [2.75, 3.05) is 6.67 Å². The Kier molecular flexibility index (Phi) is 4.24. The highest BCUT2D eigenvalue weighted by Crippen LogP contribution is 2.14. The number of hydrogen-bond donors (Lipinski definition) is 0. The van der Waals surface area contributed by atoms with Gasteiger partial charge in [0.1, 0.15) is 6.17 Å². The molecule has 0 bridgehead atoms. The van der Waals surface area contributed by atoms with Crippen LogP contribution in [0.4, 0.5) is 8.78 Å². The van der Waals surface area contributed by atoms with Crippen LogP contribution in [0.2, 0.25) is 0 Å². The van der Waals surface area contributed by atoms with E-state index in [0.29, 0.717) is 5.57 Å². The summed E-state index contributed by atoms with van der Waals surface area (Å²) in [4.78, 5) is 0. The van der Waals surface area contributed by atoms with Gasteiger partial charge in [-0.05, 0) is 24.8 Å². The SMILES string of the molecule is C=C(C)[C@@H](F)C[C@@H](C)CF. The van der Waals surface area contributed by atoms with Gasteiger partial charge in [-0.25, -0.2) is 4.39 Å². The van der Waals surface area contributed by atoms with Gasteiger partial charge in [-0.15, -0.1) is 0 Å². The third-order valence-corrected chi connectivity index (χ3v) is 1.41. The maximum Gasteiger partial charge on any atom is 0.121 e. The Hall–Kier alpha value is -0.400. The molecule has 0 N–H and O–H groups in total. The zero-order valence-corrected chi connectivity index (χ0v) is 6.53. The number of hydrogen-bond acceptors (Lipinski definition) is 0. The molecule has 2 atom stereocenters. The normalized spacial score (nSPS) is 16.4. The zero-order valence-electron chi connectivity index (χ0n) is 6.53. The number of alkyl halides is 2. The van der Waals surface area contributed by atoms with Crippen LogP contribution in [0.25, 0.3) is 0 Å². The highest BCUT2D eigenvalue weighted by atomic mass is 19.1. The summed E-state index contributed by atoms with van der Waals surface area (Å²) in [6.07, 6.45) is -0.781. The third-order valence-electron chi connectivity index (χ3n) is 1.41. The average molecular weight is 148 g/mol. The summed E-state index contributed by atoms with van der Waals surface area (Å²) in [5.74, 6) is -0.188. The molecule has 0 aromatic rings. The van der Waals surface area contributed by atoms with Gasteiger partial charge < -0.3 is 0 Å². The maximum atomic E-state index is 12.7. The first-order valence-electron chi connectivity index (χ1n) is 3.43. The van der Waals surface area contributed by atoms with Crippen molar-refractivity contribution in [3.8, 4) is 0 Å². The summed E-state index contributed by atoms with van der Waals surface area (Å²) >= 11 is 0. The molecule has 0 aromatic carbocycles. The number of halogens is 2. The quantitative estimate of drug-likeness (QED) is 0.538. The van der Waals surface area contributed by atoms with E-state index in [1.54, 1.807) is 13.8 Å². The molecule has 0 aromatic heterocycles. The van der Waals surface area contributed by atoms with Gasteiger partial charge >= 0.3 is 0 Å². The van der Waals surface area contributed by atoms with Crippen molar-refractivity contribution in [3.05, 3.63) is 12.2 Å². The summed E-state index contributed by atoms with van der Waals surface area (Å²) in [5, 5.41) is 0. The maximum absolute atomic E-state index is 12.7. The standard InChI is InChI=1S/C8H14F2/c1-6(2)8(10)4-7(3)5-9/h7-8H,1,4-5H2,2-3H3/t7-,8+/m1/s1. The van der Waals surface area contributed by atoms with Crippen LogP contribution in [0.3, 0.4) is 0 Å². The Morgan fingerprint density at radius 1 is 1.60 bits per heavy atom. The van der Waals surface area contributed by atoms with E-state index in [9.17, 15) is 8.78 Å². The first kappa shape index (κ1) is 9.60. The van der Waals surface area contributed by atoms with Crippen molar-refractivity contribution in [2.24, 2.45) is 5.92 Å². The molecule has 0 fully saturated rings. The van der Waals surface area contributed by atoms with E-state index in [4.69, 9.17) is 0 Å². The molecule has 10 heavy (non-hydrogen) atoms. The molecular weight excluding hydrogens is 134 g/mol. The molecule has 0 amide bonds. The molecule has 0 heterocycles. The summed E-state index contributed by atoms with van der Waals surface area (Å²) in [6, 6.07) is 0. The monoisotopic (exact) mass is 148 g/mol. The Morgan fingerprint density at radius 2 is 2.10 bits per heavy atom. The molecule has 0 radical (unpaired) electrons. The van der Waals surface area contributed by atoms with Crippen LogP contribution < -0.4 is 0 Å². The molecule has 0 aliphatic heterocycles. The van der Waals surface area contributed by atoms with Crippen LogP contribution in [0, 0.1) is 5.92 Å². The Labute approximate surface area is 60.9 Å². The van der Waals surface area contributed by atoms with E-state index in [0.717, 1.165) is 0 Å². The molecule has 0 rings (SSSR count). The first-order valence-corrected chi connectivity index (χ1v) is 3.43. The highest BCUT2D eigenvalue weighted by Gasteiger charge is 2.11. The minimum Gasteiger partial charge on any atom is -0.251 e. The van der Waals surface area contributed by atoms with Gasteiger partial charge in [0.15, 0.2) is 0 Å². The van der Waals surface area contributed by atoms with Crippen molar-refractivity contribution in [2.45, 2.75) is 26.4 Å². The highest BCUT2D eigenvalue weighted by molar-refractivity contribution is 4.97. The topological polar surface area (TPSA) is 0 Å². The van der Waals surface area contributed by atoms with E-state index in [1.165, 1.54) is 0 Å². The van der Waals surface area contributed by atoms with E-state index in [-0.39, 0.29) is 12.3 Å². The van der Waals surface area contributed by atoms with Gasteiger partial charge in [0.2, 0.25) is 0 Å². The first-order chi connectivity index (χ1) is 4.57. The summed E-state index contributed by atoms with van der Waals surface area (Å²) in [6.45, 7) is 6.30.